The van der Waals surface area contributed by atoms with Gasteiger partial charge in [0.15, 0.2) is 0 Å². The second-order valence-electron chi connectivity index (χ2n) is 3.55. The molecule has 0 aromatic carbocycles. The molecule has 0 N–H and O–H groups in total. The molecule has 15 heavy (non-hydrogen) atoms. The van der Waals surface area contributed by atoms with Crippen LogP contribution in [-0.4, -0.2) is 14.3 Å². The highest BCUT2D eigenvalue weighted by Gasteiger charge is 2.31. The maximum atomic E-state index is 11.5. The van der Waals surface area contributed by atoms with Gasteiger partial charge in [-0.05, 0) is 25.1 Å². The van der Waals surface area contributed by atoms with Gasteiger partial charge in [0.2, 0.25) is 0 Å². The number of rotatable bonds is 6. The van der Waals surface area contributed by atoms with Crippen LogP contribution >= 0.6 is 0 Å². The Kier molecular flexibility index (Phi) is 7.04. The van der Waals surface area contributed by atoms with E-state index >= 15 is 0 Å². The summed E-state index contributed by atoms with van der Waals surface area (Å²) in [6, 6.07) is 3.01. The highest BCUT2D eigenvalue weighted by Crippen LogP contribution is 2.21. The molecule has 86 valence electrons. The molecular formula is C12H22O2Si. The molecule has 3 heteroatoms. The van der Waals surface area contributed by atoms with Crippen molar-refractivity contribution in [3.8, 4) is 0 Å². The van der Waals surface area contributed by atoms with E-state index in [0.29, 0.717) is 0 Å². The largest absolute Gasteiger partial charge is 0.516 e. The van der Waals surface area contributed by atoms with Crippen LogP contribution in [0.25, 0.3) is 0 Å². The second kappa shape index (κ2) is 7.46. The standard InChI is InChI=1S/C12H22O2Si/c1-5-9-10-11-12(13)14-15(6-2,7-3)8-4/h5,9-11H,6-8H2,1-4H3/b9-5+,11-10+. The molecule has 0 atom stereocenters. The Labute approximate surface area is 94.2 Å². The van der Waals surface area contributed by atoms with E-state index in [1.165, 1.54) is 6.08 Å². The molecule has 0 saturated carbocycles. The third-order valence-electron chi connectivity index (χ3n) is 2.79. The highest BCUT2D eigenvalue weighted by molar-refractivity contribution is 6.75. The lowest BCUT2D eigenvalue weighted by atomic mass is 10.4. The van der Waals surface area contributed by atoms with Gasteiger partial charge in [-0.15, -0.1) is 0 Å². The molecule has 0 aromatic rings. The summed E-state index contributed by atoms with van der Waals surface area (Å²) < 4.78 is 5.61. The molecule has 0 rings (SSSR count). The molecule has 0 aromatic heterocycles. The minimum atomic E-state index is -1.77. The van der Waals surface area contributed by atoms with E-state index in [1.807, 2.05) is 19.1 Å². The number of hydrogen-bond donors (Lipinski definition) is 0. The van der Waals surface area contributed by atoms with Crippen molar-refractivity contribution in [3.63, 3.8) is 0 Å². The van der Waals surface area contributed by atoms with Crippen molar-refractivity contribution >= 4 is 14.3 Å². The SMILES string of the molecule is C/C=C/C=C/C(=O)O[Si](CC)(CC)CC. The fourth-order valence-electron chi connectivity index (χ4n) is 1.46. The lowest BCUT2D eigenvalue weighted by Gasteiger charge is -2.26. The van der Waals surface area contributed by atoms with Gasteiger partial charge in [-0.2, -0.15) is 0 Å². The molecule has 0 bridgehead atoms. The van der Waals surface area contributed by atoms with E-state index in [1.54, 1.807) is 6.08 Å². The molecule has 0 fully saturated rings. The summed E-state index contributed by atoms with van der Waals surface area (Å²) in [6.45, 7) is 8.26. The molecule has 0 aliphatic carbocycles. The quantitative estimate of drug-likeness (QED) is 0.392. The molecule has 0 aliphatic heterocycles. The van der Waals surface area contributed by atoms with Gasteiger partial charge in [-0.1, -0.05) is 39.0 Å². The van der Waals surface area contributed by atoms with E-state index < -0.39 is 8.32 Å². The summed E-state index contributed by atoms with van der Waals surface area (Å²) in [5.41, 5.74) is 0. The molecule has 0 heterocycles. The van der Waals surface area contributed by atoms with Crippen LogP contribution in [0, 0.1) is 0 Å². The third kappa shape index (κ3) is 4.97. The first-order chi connectivity index (χ1) is 7.14. The Bertz CT molecular complexity index is 232. The van der Waals surface area contributed by atoms with E-state index in [-0.39, 0.29) is 5.97 Å². The molecule has 0 aliphatic rings. The number of carbonyl (C=O) groups is 1. The number of carbonyl (C=O) groups excluding carboxylic acids is 1. The average molecular weight is 226 g/mol. The summed E-state index contributed by atoms with van der Waals surface area (Å²) in [7, 11) is -1.77. The normalized spacial score (nSPS) is 12.5. The summed E-state index contributed by atoms with van der Waals surface area (Å²) in [5.74, 6) is -0.190. The monoisotopic (exact) mass is 226 g/mol. The zero-order valence-corrected chi connectivity index (χ0v) is 11.2. The van der Waals surface area contributed by atoms with Gasteiger partial charge in [0.1, 0.15) is 0 Å². The first-order valence-corrected chi connectivity index (χ1v) is 8.19. The number of allylic oxidation sites excluding steroid dienone is 3. The first kappa shape index (κ1) is 14.2. The van der Waals surface area contributed by atoms with Gasteiger partial charge in [0.05, 0.1) is 0 Å². The van der Waals surface area contributed by atoms with Crippen molar-refractivity contribution in [1.82, 2.24) is 0 Å². The molecular weight excluding hydrogens is 204 g/mol. The summed E-state index contributed by atoms with van der Waals surface area (Å²) in [4.78, 5) is 11.5. The van der Waals surface area contributed by atoms with Crippen LogP contribution in [0.5, 0.6) is 0 Å². The third-order valence-corrected chi connectivity index (χ3v) is 7.29. The van der Waals surface area contributed by atoms with Gasteiger partial charge in [-0.3, -0.25) is 0 Å². The van der Waals surface area contributed by atoms with Crippen molar-refractivity contribution in [1.29, 1.82) is 0 Å². The molecule has 0 spiro atoms. The maximum absolute atomic E-state index is 11.5. The molecule has 2 nitrogen and oxygen atoms in total. The summed E-state index contributed by atoms with van der Waals surface area (Å²) in [6.07, 6.45) is 6.94. The van der Waals surface area contributed by atoms with E-state index in [0.717, 1.165) is 18.1 Å². The van der Waals surface area contributed by atoms with Crippen molar-refractivity contribution in [3.05, 3.63) is 24.3 Å². The van der Waals surface area contributed by atoms with Crippen LogP contribution in [0.15, 0.2) is 24.3 Å². The Morgan fingerprint density at radius 1 is 1.13 bits per heavy atom. The van der Waals surface area contributed by atoms with Crippen LogP contribution < -0.4 is 0 Å². The lowest BCUT2D eigenvalue weighted by Crippen LogP contribution is -2.37. The van der Waals surface area contributed by atoms with Crippen molar-refractivity contribution < 1.29 is 9.22 Å². The predicted octanol–water partition coefficient (Wildman–Crippen LogP) is 3.67. The zero-order valence-electron chi connectivity index (χ0n) is 10.2. The van der Waals surface area contributed by atoms with Crippen LogP contribution in [-0.2, 0) is 9.22 Å². The minimum absolute atomic E-state index is 0.190. The average Bonchev–Trinajstić information content (AvgIpc) is 2.26. The van der Waals surface area contributed by atoms with Crippen LogP contribution in [0.3, 0.4) is 0 Å². The van der Waals surface area contributed by atoms with Gasteiger partial charge in [0, 0.05) is 6.08 Å². The van der Waals surface area contributed by atoms with E-state index in [2.05, 4.69) is 20.8 Å². The van der Waals surface area contributed by atoms with E-state index in [4.69, 9.17) is 4.43 Å². The smallest absolute Gasteiger partial charge is 0.317 e. The van der Waals surface area contributed by atoms with Crippen LogP contribution in [0.4, 0.5) is 0 Å². The van der Waals surface area contributed by atoms with Crippen LogP contribution in [0.2, 0.25) is 18.1 Å². The predicted molar refractivity (Wildman–Crippen MR) is 67.2 cm³/mol. The second-order valence-corrected chi connectivity index (χ2v) is 8.24. The summed E-state index contributed by atoms with van der Waals surface area (Å²) in [5, 5.41) is 0. The Hall–Kier alpha value is -0.833. The Balaban J connectivity index is 4.35. The number of hydrogen-bond acceptors (Lipinski definition) is 2. The van der Waals surface area contributed by atoms with Gasteiger partial charge < -0.3 is 4.43 Å². The van der Waals surface area contributed by atoms with E-state index in [9.17, 15) is 4.79 Å². The topological polar surface area (TPSA) is 26.3 Å². The Morgan fingerprint density at radius 3 is 2.07 bits per heavy atom. The summed E-state index contributed by atoms with van der Waals surface area (Å²) >= 11 is 0. The molecule has 0 radical (unpaired) electrons. The minimum Gasteiger partial charge on any atom is -0.516 e. The molecule has 0 unspecified atom stereocenters. The highest BCUT2D eigenvalue weighted by atomic mass is 28.4. The fourth-order valence-corrected chi connectivity index (χ4v) is 3.89. The Morgan fingerprint density at radius 2 is 1.67 bits per heavy atom. The molecule has 0 saturated heterocycles. The van der Waals surface area contributed by atoms with Crippen molar-refractivity contribution in [2.24, 2.45) is 0 Å². The van der Waals surface area contributed by atoms with Gasteiger partial charge in [0.25, 0.3) is 8.32 Å². The van der Waals surface area contributed by atoms with Crippen molar-refractivity contribution in [2.75, 3.05) is 0 Å². The van der Waals surface area contributed by atoms with Crippen LogP contribution in [0.1, 0.15) is 27.7 Å². The fraction of sp³-hybridized carbons (Fsp3) is 0.583. The molecule has 0 amide bonds. The first-order valence-electron chi connectivity index (χ1n) is 5.66. The lowest BCUT2D eigenvalue weighted by molar-refractivity contribution is -0.129. The zero-order chi connectivity index (χ0) is 11.7. The van der Waals surface area contributed by atoms with Crippen molar-refractivity contribution in [2.45, 2.75) is 45.8 Å². The maximum Gasteiger partial charge on any atom is 0.317 e. The van der Waals surface area contributed by atoms with Gasteiger partial charge >= 0.3 is 5.97 Å². The van der Waals surface area contributed by atoms with Gasteiger partial charge in [-0.25, -0.2) is 4.79 Å².